The highest BCUT2D eigenvalue weighted by molar-refractivity contribution is 7.99. The molecule has 0 N–H and O–H groups in total. The number of nitrogens with zero attached hydrogens (tertiary/aromatic N) is 5. The average molecular weight is 422 g/mol. The van der Waals surface area contributed by atoms with E-state index in [1.54, 1.807) is 40.4 Å². The summed E-state index contributed by atoms with van der Waals surface area (Å²) in [5, 5.41) is 18.7. The van der Waals surface area contributed by atoms with Gasteiger partial charge in [-0.3, -0.25) is 9.36 Å². The molecule has 144 valence electrons. The molecule has 0 aromatic carbocycles. The number of fused-ring (bicyclic) bond motifs is 3. The Bertz CT molecular complexity index is 1280. The van der Waals surface area contributed by atoms with Gasteiger partial charge in [-0.25, -0.2) is 4.98 Å². The monoisotopic (exact) mass is 421 g/mol. The third-order valence-corrected chi connectivity index (χ3v) is 6.99. The SMILES string of the molecule is N#Cc1ccc(Sc2nc3sc4c(c3c(=O)n2Cc2ccco2)CCCC4)nn1. The Kier molecular flexibility index (Phi) is 4.66. The molecule has 1 aliphatic rings. The van der Waals surface area contributed by atoms with E-state index in [0.29, 0.717) is 22.5 Å². The minimum Gasteiger partial charge on any atom is -0.467 e. The molecule has 0 spiro atoms. The summed E-state index contributed by atoms with van der Waals surface area (Å²) in [4.78, 5) is 20.4. The van der Waals surface area contributed by atoms with Gasteiger partial charge in [-0.15, -0.1) is 21.5 Å². The van der Waals surface area contributed by atoms with Gasteiger partial charge in [0, 0.05) is 4.88 Å². The van der Waals surface area contributed by atoms with Crippen LogP contribution in [0.25, 0.3) is 10.2 Å². The van der Waals surface area contributed by atoms with Crippen LogP contribution < -0.4 is 5.56 Å². The summed E-state index contributed by atoms with van der Waals surface area (Å²) < 4.78 is 7.12. The molecule has 0 unspecified atom stereocenters. The van der Waals surface area contributed by atoms with Crippen molar-refractivity contribution in [1.82, 2.24) is 19.7 Å². The highest BCUT2D eigenvalue weighted by Gasteiger charge is 2.23. The van der Waals surface area contributed by atoms with Gasteiger partial charge < -0.3 is 4.42 Å². The van der Waals surface area contributed by atoms with Gasteiger partial charge in [0.05, 0.1) is 18.2 Å². The molecule has 4 heterocycles. The first-order chi connectivity index (χ1) is 14.2. The van der Waals surface area contributed by atoms with Crippen LogP contribution in [0.2, 0.25) is 0 Å². The zero-order valence-electron chi connectivity index (χ0n) is 15.3. The van der Waals surface area contributed by atoms with Gasteiger partial charge in [0.1, 0.15) is 21.7 Å². The number of hydrogen-bond acceptors (Lipinski definition) is 8. The molecule has 4 aromatic heterocycles. The Morgan fingerprint density at radius 1 is 1.24 bits per heavy atom. The summed E-state index contributed by atoms with van der Waals surface area (Å²) in [6.45, 7) is 0.297. The summed E-state index contributed by atoms with van der Waals surface area (Å²) >= 11 is 2.89. The van der Waals surface area contributed by atoms with Crippen LogP contribution in [0.1, 0.15) is 34.7 Å². The van der Waals surface area contributed by atoms with E-state index in [1.807, 2.05) is 12.1 Å². The molecule has 0 bridgehead atoms. The predicted molar refractivity (Wildman–Crippen MR) is 109 cm³/mol. The van der Waals surface area contributed by atoms with Crippen molar-refractivity contribution >= 4 is 33.3 Å². The van der Waals surface area contributed by atoms with Gasteiger partial charge in [-0.1, -0.05) is 0 Å². The number of rotatable bonds is 4. The summed E-state index contributed by atoms with van der Waals surface area (Å²) in [5.41, 5.74) is 1.36. The maximum absolute atomic E-state index is 13.5. The molecule has 0 aliphatic heterocycles. The fourth-order valence-corrected chi connectivity index (χ4v) is 5.63. The topological polar surface area (TPSA) is 97.6 Å². The van der Waals surface area contributed by atoms with E-state index < -0.39 is 0 Å². The maximum Gasteiger partial charge on any atom is 0.263 e. The third kappa shape index (κ3) is 3.34. The summed E-state index contributed by atoms with van der Waals surface area (Å²) in [6.07, 6.45) is 5.80. The molecular formula is C20H15N5O2S2. The summed E-state index contributed by atoms with van der Waals surface area (Å²) in [7, 11) is 0. The quantitative estimate of drug-likeness (QED) is 0.462. The van der Waals surface area contributed by atoms with Crippen molar-refractivity contribution in [3.8, 4) is 6.07 Å². The second-order valence-corrected chi connectivity index (χ2v) is 8.80. The van der Waals surface area contributed by atoms with Gasteiger partial charge >= 0.3 is 0 Å². The van der Waals surface area contributed by atoms with Crippen molar-refractivity contribution in [3.63, 3.8) is 0 Å². The van der Waals surface area contributed by atoms with Crippen LogP contribution in [0.15, 0.2) is 49.9 Å². The Hall–Kier alpha value is -2.96. The van der Waals surface area contributed by atoms with Crippen LogP contribution in [0.3, 0.4) is 0 Å². The molecular weight excluding hydrogens is 406 g/mol. The molecule has 4 aromatic rings. The molecule has 0 fully saturated rings. The van der Waals surface area contributed by atoms with E-state index in [2.05, 4.69) is 10.2 Å². The zero-order valence-corrected chi connectivity index (χ0v) is 16.9. The van der Waals surface area contributed by atoms with Crippen LogP contribution in [0, 0.1) is 11.3 Å². The van der Waals surface area contributed by atoms with E-state index in [1.165, 1.54) is 16.6 Å². The second kappa shape index (κ2) is 7.46. The molecule has 0 saturated heterocycles. The molecule has 0 amide bonds. The maximum atomic E-state index is 13.5. The lowest BCUT2D eigenvalue weighted by atomic mass is 9.97. The van der Waals surface area contributed by atoms with Gasteiger partial charge in [0.15, 0.2) is 10.9 Å². The largest absolute Gasteiger partial charge is 0.467 e. The number of aromatic nitrogens is 4. The van der Waals surface area contributed by atoms with Crippen LogP contribution in [0.5, 0.6) is 0 Å². The standard InChI is InChI=1S/C20H15N5O2S2/c21-10-12-7-8-16(24-23-12)29-20-22-18-17(14-5-1-2-6-15(14)28-18)19(26)25(20)11-13-4-3-9-27-13/h3-4,7-9H,1-2,5-6,11H2. The number of nitriles is 1. The lowest BCUT2D eigenvalue weighted by Gasteiger charge is -2.12. The number of thiophene rings is 1. The first-order valence-electron chi connectivity index (χ1n) is 9.22. The molecule has 0 radical (unpaired) electrons. The lowest BCUT2D eigenvalue weighted by Crippen LogP contribution is -2.24. The highest BCUT2D eigenvalue weighted by atomic mass is 32.2. The van der Waals surface area contributed by atoms with Crippen LogP contribution in [-0.2, 0) is 19.4 Å². The molecule has 7 nitrogen and oxygen atoms in total. The minimum absolute atomic E-state index is 0.0464. The smallest absolute Gasteiger partial charge is 0.263 e. The molecule has 0 saturated carbocycles. The van der Waals surface area contributed by atoms with Crippen molar-refractivity contribution in [2.45, 2.75) is 42.4 Å². The third-order valence-electron chi connectivity index (χ3n) is 4.88. The van der Waals surface area contributed by atoms with Gasteiger partial charge in [0.25, 0.3) is 5.56 Å². The second-order valence-electron chi connectivity index (χ2n) is 6.73. The van der Waals surface area contributed by atoms with Crippen LogP contribution >= 0.6 is 23.1 Å². The zero-order chi connectivity index (χ0) is 19.8. The van der Waals surface area contributed by atoms with Crippen molar-refractivity contribution in [2.75, 3.05) is 0 Å². The average Bonchev–Trinajstić information content (AvgIpc) is 3.38. The minimum atomic E-state index is -0.0464. The van der Waals surface area contributed by atoms with E-state index >= 15 is 0 Å². The number of furan rings is 1. The first kappa shape index (κ1) is 18.1. The van der Waals surface area contributed by atoms with E-state index in [4.69, 9.17) is 14.7 Å². The molecule has 5 rings (SSSR count). The number of aryl methyl sites for hydroxylation is 2. The Morgan fingerprint density at radius 2 is 2.14 bits per heavy atom. The lowest BCUT2D eigenvalue weighted by molar-refractivity contribution is 0.476. The number of hydrogen-bond donors (Lipinski definition) is 0. The Balaban J connectivity index is 1.65. The van der Waals surface area contributed by atoms with Crippen LogP contribution in [0.4, 0.5) is 0 Å². The van der Waals surface area contributed by atoms with Crippen molar-refractivity contribution < 1.29 is 4.42 Å². The summed E-state index contributed by atoms with van der Waals surface area (Å²) in [5.74, 6) is 0.685. The van der Waals surface area contributed by atoms with Crippen molar-refractivity contribution in [1.29, 1.82) is 5.26 Å². The van der Waals surface area contributed by atoms with Gasteiger partial charge in [-0.2, -0.15) is 5.26 Å². The van der Waals surface area contributed by atoms with Crippen LogP contribution in [-0.4, -0.2) is 19.7 Å². The van der Waals surface area contributed by atoms with E-state index in [0.717, 1.165) is 41.5 Å². The van der Waals surface area contributed by atoms with Gasteiger partial charge in [-0.05, 0) is 67.3 Å². The Morgan fingerprint density at radius 3 is 2.90 bits per heavy atom. The fourth-order valence-electron chi connectivity index (χ4n) is 3.52. The highest BCUT2D eigenvalue weighted by Crippen LogP contribution is 2.35. The molecule has 1 aliphatic carbocycles. The predicted octanol–water partition coefficient (Wildman–Crippen LogP) is 3.79. The normalized spacial score (nSPS) is 13.3. The van der Waals surface area contributed by atoms with Crippen molar-refractivity contribution in [2.24, 2.45) is 0 Å². The molecule has 0 atom stereocenters. The molecule has 29 heavy (non-hydrogen) atoms. The summed E-state index contributed by atoms with van der Waals surface area (Å²) in [6, 6.07) is 8.92. The first-order valence-corrected chi connectivity index (χ1v) is 10.9. The van der Waals surface area contributed by atoms with Gasteiger partial charge in [0.2, 0.25) is 0 Å². The van der Waals surface area contributed by atoms with E-state index in [-0.39, 0.29) is 11.3 Å². The van der Waals surface area contributed by atoms with E-state index in [9.17, 15) is 4.79 Å². The molecule has 9 heteroatoms. The fraction of sp³-hybridized carbons (Fsp3) is 0.250. The Labute approximate surface area is 174 Å². The van der Waals surface area contributed by atoms with Crippen molar-refractivity contribution in [3.05, 3.63) is 62.8 Å².